The topological polar surface area (TPSA) is 102 Å². The van der Waals surface area contributed by atoms with Crippen molar-refractivity contribution in [1.82, 2.24) is 4.72 Å². The first kappa shape index (κ1) is 20.2. The molecule has 2 aromatic rings. The molecule has 0 heterocycles. The predicted octanol–water partition coefficient (Wildman–Crippen LogP) is 2.53. The summed E-state index contributed by atoms with van der Waals surface area (Å²) >= 11 is 0. The van der Waals surface area contributed by atoms with Crippen molar-refractivity contribution in [3.05, 3.63) is 53.1 Å². The fourth-order valence-electron chi connectivity index (χ4n) is 3.72. The fourth-order valence-corrected chi connectivity index (χ4v) is 5.02. The second-order valence-electron chi connectivity index (χ2n) is 6.54. The minimum absolute atomic E-state index is 0.0808. The highest BCUT2D eigenvalue weighted by atomic mass is 32.2. The van der Waals surface area contributed by atoms with Crippen LogP contribution in [0.4, 0.5) is 0 Å². The van der Waals surface area contributed by atoms with Crippen molar-refractivity contribution in [3.63, 3.8) is 0 Å². The minimum Gasteiger partial charge on any atom is -0.493 e. The summed E-state index contributed by atoms with van der Waals surface area (Å²) in [6.07, 6.45) is 1.29. The van der Waals surface area contributed by atoms with Crippen molar-refractivity contribution >= 4 is 16.0 Å². The average Bonchev–Trinajstić information content (AvgIpc) is 3.10. The molecule has 8 heteroatoms. The summed E-state index contributed by atoms with van der Waals surface area (Å²) in [4.78, 5) is 10.8. The molecule has 0 fully saturated rings. The number of hydrogen-bond donors (Lipinski definition) is 2. The molecule has 0 aliphatic heterocycles. The zero-order valence-corrected chi connectivity index (χ0v) is 16.6. The highest BCUT2D eigenvalue weighted by molar-refractivity contribution is 7.89. The Hall–Kier alpha value is -2.58. The summed E-state index contributed by atoms with van der Waals surface area (Å²) in [5, 5.41) is 8.80. The van der Waals surface area contributed by atoms with Gasteiger partial charge in [0, 0.05) is 18.0 Å². The lowest BCUT2D eigenvalue weighted by molar-refractivity contribution is -0.136. The van der Waals surface area contributed by atoms with Crippen LogP contribution in [0.3, 0.4) is 0 Å². The number of sulfonamides is 1. The van der Waals surface area contributed by atoms with Gasteiger partial charge in [-0.3, -0.25) is 4.79 Å². The maximum atomic E-state index is 13.0. The maximum Gasteiger partial charge on any atom is 0.304 e. The number of hydrogen-bond acceptors (Lipinski definition) is 5. The number of carbonyl (C=O) groups is 1. The molecule has 0 saturated carbocycles. The van der Waals surface area contributed by atoms with Gasteiger partial charge in [0.05, 0.1) is 25.5 Å². The number of fused-ring (bicyclic) bond motifs is 1. The van der Waals surface area contributed by atoms with Gasteiger partial charge in [0.2, 0.25) is 10.0 Å². The molecule has 0 amide bonds. The minimum atomic E-state index is -3.93. The summed E-state index contributed by atoms with van der Waals surface area (Å²) in [7, 11) is -0.947. The third-order valence-electron chi connectivity index (χ3n) is 4.95. The summed E-state index contributed by atoms with van der Waals surface area (Å²) in [6.45, 7) is -0.188. The number of ether oxygens (including phenoxy) is 2. The highest BCUT2D eigenvalue weighted by Gasteiger charge is 2.33. The van der Waals surface area contributed by atoms with Gasteiger partial charge in [0.25, 0.3) is 0 Å². The van der Waals surface area contributed by atoms with Crippen molar-refractivity contribution in [3.8, 4) is 11.5 Å². The number of aliphatic carboxylic acids is 1. The number of carboxylic acid groups (broad SMARTS) is 1. The van der Waals surface area contributed by atoms with Gasteiger partial charge >= 0.3 is 5.97 Å². The molecule has 1 atom stereocenters. The highest BCUT2D eigenvalue weighted by Crippen LogP contribution is 2.47. The van der Waals surface area contributed by atoms with Gasteiger partial charge < -0.3 is 14.6 Å². The van der Waals surface area contributed by atoms with E-state index in [1.807, 2.05) is 24.3 Å². The molecule has 0 aromatic heterocycles. The molecule has 28 heavy (non-hydrogen) atoms. The summed E-state index contributed by atoms with van der Waals surface area (Å²) in [5.74, 6) is -0.399. The maximum absolute atomic E-state index is 13.0. The molecule has 1 aliphatic carbocycles. The Balaban J connectivity index is 2.13. The zero-order valence-electron chi connectivity index (χ0n) is 15.8. The van der Waals surface area contributed by atoms with E-state index >= 15 is 0 Å². The Labute approximate surface area is 164 Å². The monoisotopic (exact) mass is 405 g/mol. The first-order chi connectivity index (χ1) is 13.4. The number of benzene rings is 2. The molecule has 0 bridgehead atoms. The molecule has 3 rings (SSSR count). The molecule has 150 valence electrons. The van der Waals surface area contributed by atoms with E-state index in [4.69, 9.17) is 14.6 Å². The molecule has 0 saturated heterocycles. The molecular weight excluding hydrogens is 382 g/mol. The lowest BCUT2D eigenvalue weighted by atomic mass is 9.92. The SMILES string of the molecule is COc1ccc(S(=O)(=O)NCCC(=O)O)c(C2CCc3ccccc32)c1OC. The van der Waals surface area contributed by atoms with Crippen molar-refractivity contribution in [1.29, 1.82) is 0 Å². The van der Waals surface area contributed by atoms with Crippen LogP contribution in [-0.2, 0) is 21.2 Å². The van der Waals surface area contributed by atoms with E-state index in [2.05, 4.69) is 4.72 Å². The molecule has 1 aliphatic rings. The van der Waals surface area contributed by atoms with Crippen LogP contribution in [0.5, 0.6) is 11.5 Å². The van der Waals surface area contributed by atoms with Crippen molar-refractivity contribution < 1.29 is 27.8 Å². The number of aryl methyl sites for hydroxylation is 1. The first-order valence-electron chi connectivity index (χ1n) is 8.93. The predicted molar refractivity (Wildman–Crippen MR) is 104 cm³/mol. The van der Waals surface area contributed by atoms with Crippen molar-refractivity contribution in [2.75, 3.05) is 20.8 Å². The van der Waals surface area contributed by atoms with Gasteiger partial charge in [-0.15, -0.1) is 0 Å². The molecular formula is C20H23NO6S. The Morgan fingerprint density at radius 1 is 1.18 bits per heavy atom. The van der Waals surface area contributed by atoms with Crippen LogP contribution in [-0.4, -0.2) is 40.3 Å². The third kappa shape index (κ3) is 3.83. The number of carboxylic acids is 1. The Morgan fingerprint density at radius 2 is 1.93 bits per heavy atom. The van der Waals surface area contributed by atoms with Gasteiger partial charge in [0.1, 0.15) is 0 Å². The molecule has 2 N–H and O–H groups in total. The second kappa shape index (κ2) is 8.20. The number of rotatable bonds is 8. The van der Waals surface area contributed by atoms with E-state index in [-0.39, 0.29) is 23.8 Å². The normalized spacial score (nSPS) is 15.9. The quantitative estimate of drug-likeness (QED) is 0.700. The van der Waals surface area contributed by atoms with Crippen LogP contribution in [0, 0.1) is 0 Å². The average molecular weight is 405 g/mol. The summed E-state index contributed by atoms with van der Waals surface area (Å²) < 4.78 is 39.3. The Bertz CT molecular complexity index is 986. The fraction of sp³-hybridized carbons (Fsp3) is 0.350. The van der Waals surface area contributed by atoms with E-state index in [9.17, 15) is 13.2 Å². The van der Waals surface area contributed by atoms with Crippen LogP contribution in [0.15, 0.2) is 41.3 Å². The van der Waals surface area contributed by atoms with Crippen LogP contribution in [0.1, 0.15) is 35.4 Å². The molecule has 2 aromatic carbocycles. The molecule has 7 nitrogen and oxygen atoms in total. The molecule has 0 radical (unpaired) electrons. The van der Waals surface area contributed by atoms with Crippen LogP contribution in [0.25, 0.3) is 0 Å². The zero-order chi connectivity index (χ0) is 20.3. The van der Waals surface area contributed by atoms with E-state index in [0.29, 0.717) is 17.1 Å². The number of nitrogens with one attached hydrogen (secondary N) is 1. The molecule has 1 unspecified atom stereocenters. The van der Waals surface area contributed by atoms with Gasteiger partial charge in [-0.05, 0) is 36.1 Å². The van der Waals surface area contributed by atoms with Gasteiger partial charge in [-0.25, -0.2) is 13.1 Å². The Kier molecular flexibility index (Phi) is 5.90. The largest absolute Gasteiger partial charge is 0.493 e. The summed E-state index contributed by atoms with van der Waals surface area (Å²) in [5.41, 5.74) is 2.78. The van der Waals surface area contributed by atoms with Crippen LogP contribution in [0.2, 0.25) is 0 Å². The standard InChI is InChI=1S/C20H23NO6S/c1-26-16-9-10-17(28(24,25)21-12-11-18(22)23)19(20(16)27-2)15-8-7-13-5-3-4-6-14(13)15/h3-6,9-10,15,21H,7-8,11-12H2,1-2H3,(H,22,23). The van der Waals surface area contributed by atoms with Gasteiger partial charge in [-0.2, -0.15) is 0 Å². The Morgan fingerprint density at radius 3 is 2.61 bits per heavy atom. The lowest BCUT2D eigenvalue weighted by Gasteiger charge is -2.22. The third-order valence-corrected chi connectivity index (χ3v) is 6.46. The smallest absolute Gasteiger partial charge is 0.304 e. The van der Waals surface area contributed by atoms with Crippen LogP contribution < -0.4 is 14.2 Å². The van der Waals surface area contributed by atoms with E-state index in [1.54, 1.807) is 6.07 Å². The van der Waals surface area contributed by atoms with Gasteiger partial charge in [-0.1, -0.05) is 24.3 Å². The summed E-state index contributed by atoms with van der Waals surface area (Å²) in [6, 6.07) is 11.0. The van der Waals surface area contributed by atoms with E-state index in [0.717, 1.165) is 18.4 Å². The molecule has 0 spiro atoms. The van der Waals surface area contributed by atoms with E-state index in [1.165, 1.54) is 25.8 Å². The first-order valence-corrected chi connectivity index (χ1v) is 10.4. The number of methoxy groups -OCH3 is 2. The second-order valence-corrected chi connectivity index (χ2v) is 8.28. The van der Waals surface area contributed by atoms with E-state index < -0.39 is 16.0 Å². The van der Waals surface area contributed by atoms with Crippen molar-refractivity contribution in [2.24, 2.45) is 0 Å². The van der Waals surface area contributed by atoms with Gasteiger partial charge in [0.15, 0.2) is 11.5 Å². The van der Waals surface area contributed by atoms with Crippen molar-refractivity contribution in [2.45, 2.75) is 30.1 Å². The van der Waals surface area contributed by atoms with Crippen LogP contribution >= 0.6 is 0 Å². The lowest BCUT2D eigenvalue weighted by Crippen LogP contribution is -2.27.